The minimum atomic E-state index is -3.43. The summed E-state index contributed by atoms with van der Waals surface area (Å²) in [7, 11) is -3.43. The van der Waals surface area contributed by atoms with Gasteiger partial charge in [0.2, 0.25) is 5.91 Å². The molecular weight excluding hydrogens is 352 g/mol. The number of carboxylic acid groups (broad SMARTS) is 1. The van der Waals surface area contributed by atoms with Crippen LogP contribution in [0.1, 0.15) is 20.3 Å². The van der Waals surface area contributed by atoms with E-state index in [-0.39, 0.29) is 24.5 Å². The van der Waals surface area contributed by atoms with Crippen LogP contribution in [0, 0.1) is 11.8 Å². The van der Waals surface area contributed by atoms with Crippen molar-refractivity contribution in [2.75, 3.05) is 5.75 Å². The number of hydrogen-bond donors (Lipinski definition) is 3. The monoisotopic (exact) mass is 370 g/mol. The van der Waals surface area contributed by atoms with Gasteiger partial charge in [-0.3, -0.25) is 4.79 Å². The quantitative estimate of drug-likeness (QED) is 0.542. The van der Waals surface area contributed by atoms with Crippen molar-refractivity contribution in [1.82, 2.24) is 5.32 Å². The van der Waals surface area contributed by atoms with Crippen LogP contribution in [-0.2, 0) is 29.0 Å². The van der Waals surface area contributed by atoms with Crippen LogP contribution in [0.4, 0.5) is 0 Å². The van der Waals surface area contributed by atoms with Crippen LogP contribution < -0.4 is 11.1 Å². The molecule has 1 saturated heterocycles. The van der Waals surface area contributed by atoms with E-state index in [1.54, 1.807) is 13.8 Å². The minimum Gasteiger partial charge on any atom is -0.479 e. The Balaban J connectivity index is 0.00000112. The second-order valence-corrected chi connectivity index (χ2v) is 8.03. The number of rotatable bonds is 4. The lowest BCUT2D eigenvalue weighted by Crippen LogP contribution is -2.61. The smallest absolute Gasteiger partial charge is 0.373 e. The molecule has 2 aliphatic rings. The van der Waals surface area contributed by atoms with Crippen molar-refractivity contribution in [3.63, 3.8) is 0 Å². The Morgan fingerprint density at radius 1 is 1.35 bits per heavy atom. The van der Waals surface area contributed by atoms with Gasteiger partial charge < -0.3 is 16.2 Å². The number of fused-ring (bicyclic) bond motifs is 1. The van der Waals surface area contributed by atoms with E-state index in [2.05, 4.69) is 5.32 Å². The Labute approximate surface area is 139 Å². The highest BCUT2D eigenvalue weighted by molar-refractivity contribution is 7.92. The summed E-state index contributed by atoms with van der Waals surface area (Å²) in [5.41, 5.74) is 3.97. The van der Waals surface area contributed by atoms with Crippen molar-refractivity contribution in [1.29, 1.82) is 0 Å². The zero-order valence-corrected chi connectivity index (χ0v) is 14.1. The lowest BCUT2D eigenvalue weighted by Gasteiger charge is -2.28. The molecule has 11 heteroatoms. The number of nitrogens with two attached hydrogens (primary N) is 1. The van der Waals surface area contributed by atoms with Crippen LogP contribution >= 0.6 is 12.4 Å². The van der Waals surface area contributed by atoms with Gasteiger partial charge in [-0.25, -0.2) is 13.2 Å². The average Bonchev–Trinajstić information content (AvgIpc) is 3.14. The fourth-order valence-electron chi connectivity index (χ4n) is 2.63. The van der Waals surface area contributed by atoms with E-state index < -0.39 is 50.2 Å². The molecular formula is C12H19ClN2O7S. The SMILES string of the molecule is CC(C)[C@H](N)C(=O)N[C@@]1(C(=O)O)CS(=O)(=O)[C@H]2C[C@H]21.Cl.O=C=O. The Bertz CT molecular complexity index is 615. The summed E-state index contributed by atoms with van der Waals surface area (Å²) in [5, 5.41) is 11.1. The summed E-state index contributed by atoms with van der Waals surface area (Å²) >= 11 is 0. The van der Waals surface area contributed by atoms with Gasteiger partial charge in [-0.1, -0.05) is 13.8 Å². The van der Waals surface area contributed by atoms with Crippen LogP contribution in [0.5, 0.6) is 0 Å². The second kappa shape index (κ2) is 7.39. The van der Waals surface area contributed by atoms with Crippen LogP contribution in [0.2, 0.25) is 0 Å². The molecule has 1 heterocycles. The Hall–Kier alpha value is -1.48. The normalized spacial score (nSPS) is 30.6. The minimum absolute atomic E-state index is 0. The number of aliphatic carboxylic acids is 1. The third kappa shape index (κ3) is 4.08. The molecule has 132 valence electrons. The van der Waals surface area contributed by atoms with E-state index in [4.69, 9.17) is 15.3 Å². The molecule has 1 amide bonds. The van der Waals surface area contributed by atoms with Crippen molar-refractivity contribution < 1.29 is 32.7 Å². The largest absolute Gasteiger partial charge is 0.479 e. The molecule has 1 aliphatic heterocycles. The lowest BCUT2D eigenvalue weighted by atomic mass is 9.94. The average molecular weight is 371 g/mol. The third-order valence-electron chi connectivity index (χ3n) is 4.00. The van der Waals surface area contributed by atoms with Gasteiger partial charge in [0.15, 0.2) is 15.4 Å². The van der Waals surface area contributed by atoms with Crippen molar-refractivity contribution >= 4 is 40.3 Å². The number of sulfone groups is 1. The highest BCUT2D eigenvalue weighted by atomic mass is 35.5. The zero-order valence-electron chi connectivity index (χ0n) is 12.5. The molecule has 4 N–H and O–H groups in total. The summed E-state index contributed by atoms with van der Waals surface area (Å²) in [6.45, 7) is 3.48. The van der Waals surface area contributed by atoms with Gasteiger partial charge in [-0.15, -0.1) is 12.4 Å². The second-order valence-electron chi connectivity index (χ2n) is 5.81. The molecule has 2 rings (SSSR count). The summed E-state index contributed by atoms with van der Waals surface area (Å²) in [4.78, 5) is 39.6. The van der Waals surface area contributed by atoms with Crippen molar-refractivity contribution in [2.45, 2.75) is 37.1 Å². The van der Waals surface area contributed by atoms with Gasteiger partial charge in [0.1, 0.15) is 0 Å². The molecule has 2 fully saturated rings. The Morgan fingerprint density at radius 2 is 1.83 bits per heavy atom. The maximum absolute atomic E-state index is 11.9. The topological polar surface area (TPSA) is 161 Å². The highest BCUT2D eigenvalue weighted by Gasteiger charge is 2.70. The molecule has 0 aromatic rings. The molecule has 1 saturated carbocycles. The predicted molar refractivity (Wildman–Crippen MR) is 79.3 cm³/mol. The number of carbonyl (C=O) groups is 2. The van der Waals surface area contributed by atoms with Crippen molar-refractivity contribution in [3.05, 3.63) is 0 Å². The molecule has 0 spiro atoms. The first-order valence-electron chi connectivity index (χ1n) is 6.55. The van der Waals surface area contributed by atoms with Gasteiger partial charge >= 0.3 is 12.1 Å². The summed E-state index contributed by atoms with van der Waals surface area (Å²) in [6, 6.07) is -0.850. The first-order chi connectivity index (χ1) is 10.0. The van der Waals surface area contributed by atoms with Gasteiger partial charge in [0, 0.05) is 5.92 Å². The summed E-state index contributed by atoms with van der Waals surface area (Å²) < 4.78 is 23.5. The van der Waals surface area contributed by atoms with Crippen molar-refractivity contribution in [3.8, 4) is 0 Å². The van der Waals surface area contributed by atoms with Gasteiger partial charge in [0.25, 0.3) is 0 Å². The van der Waals surface area contributed by atoms with E-state index in [0.29, 0.717) is 6.42 Å². The maximum Gasteiger partial charge on any atom is 0.373 e. The molecule has 0 unspecified atom stereocenters. The Morgan fingerprint density at radius 3 is 2.09 bits per heavy atom. The fourth-order valence-corrected chi connectivity index (χ4v) is 5.12. The molecule has 9 nitrogen and oxygen atoms in total. The number of hydrogen-bond acceptors (Lipinski definition) is 7. The Kier molecular flexibility index (Phi) is 6.92. The highest BCUT2D eigenvalue weighted by Crippen LogP contribution is 2.52. The van der Waals surface area contributed by atoms with Gasteiger partial charge in [0.05, 0.1) is 17.0 Å². The van der Waals surface area contributed by atoms with Crippen molar-refractivity contribution in [2.24, 2.45) is 17.6 Å². The first kappa shape index (κ1) is 21.5. The molecule has 0 aromatic heterocycles. The third-order valence-corrected chi connectivity index (χ3v) is 6.31. The summed E-state index contributed by atoms with van der Waals surface area (Å²) in [5.74, 6) is -3.14. The van der Waals surface area contributed by atoms with E-state index in [1.807, 2.05) is 0 Å². The number of carbonyl (C=O) groups excluding carboxylic acids is 3. The van der Waals surface area contributed by atoms with E-state index in [1.165, 1.54) is 0 Å². The van der Waals surface area contributed by atoms with E-state index in [0.717, 1.165) is 0 Å². The first-order valence-corrected chi connectivity index (χ1v) is 8.27. The zero-order chi connectivity index (χ0) is 17.3. The fraction of sp³-hybridized carbons (Fsp3) is 0.750. The molecule has 0 radical (unpaired) electrons. The lowest BCUT2D eigenvalue weighted by molar-refractivity contribution is -0.191. The van der Waals surface area contributed by atoms with E-state index in [9.17, 15) is 23.1 Å². The molecule has 1 aliphatic carbocycles. The standard InChI is InChI=1S/C11H18N2O5S.CO2.ClH/c1-5(2)8(12)9(14)13-11(10(15)16)4-19(17,18)7-3-6(7)11;2-1-3;/h5-8H,3-4,12H2,1-2H3,(H,13,14)(H,15,16);;1H/t6-,7+,8+,11+;;/m1../s1. The van der Waals surface area contributed by atoms with Crippen LogP contribution in [0.25, 0.3) is 0 Å². The van der Waals surface area contributed by atoms with Gasteiger partial charge in [-0.2, -0.15) is 9.59 Å². The molecule has 0 bridgehead atoms. The van der Waals surface area contributed by atoms with E-state index >= 15 is 0 Å². The molecule has 23 heavy (non-hydrogen) atoms. The summed E-state index contributed by atoms with van der Waals surface area (Å²) in [6.07, 6.45) is 0.547. The molecule has 0 aromatic carbocycles. The number of amides is 1. The maximum atomic E-state index is 11.9. The number of carboxylic acids is 1. The van der Waals surface area contributed by atoms with Crippen LogP contribution in [-0.4, -0.2) is 54.1 Å². The predicted octanol–water partition coefficient (Wildman–Crippen LogP) is -1.44. The molecule has 4 atom stereocenters. The van der Waals surface area contributed by atoms with Gasteiger partial charge in [-0.05, 0) is 12.3 Å². The van der Waals surface area contributed by atoms with Crippen LogP contribution in [0.3, 0.4) is 0 Å². The number of nitrogens with one attached hydrogen (secondary N) is 1. The number of halogens is 1. The van der Waals surface area contributed by atoms with Crippen LogP contribution in [0.15, 0.2) is 0 Å².